The van der Waals surface area contributed by atoms with E-state index in [-0.39, 0.29) is 34.4 Å². The van der Waals surface area contributed by atoms with E-state index >= 15 is 0 Å². The molecular formula is C35H54N2O3. The van der Waals surface area contributed by atoms with Crippen LogP contribution in [0.25, 0.3) is 0 Å². The van der Waals surface area contributed by atoms with Crippen LogP contribution >= 0.6 is 0 Å². The fourth-order valence-corrected chi connectivity index (χ4v) is 12.1. The van der Waals surface area contributed by atoms with E-state index in [0.29, 0.717) is 18.4 Å². The molecule has 2 amide bonds. The van der Waals surface area contributed by atoms with Crippen molar-refractivity contribution >= 4 is 6.03 Å². The molecule has 5 heteroatoms. The van der Waals surface area contributed by atoms with E-state index in [2.05, 4.69) is 36.2 Å². The van der Waals surface area contributed by atoms with Gasteiger partial charge in [0.2, 0.25) is 0 Å². The van der Waals surface area contributed by atoms with Gasteiger partial charge in [-0.1, -0.05) is 37.1 Å². The zero-order valence-electron chi connectivity index (χ0n) is 25.6. The molecule has 8 rings (SSSR count). The van der Waals surface area contributed by atoms with Gasteiger partial charge in [0.15, 0.2) is 0 Å². The van der Waals surface area contributed by atoms with Crippen molar-refractivity contribution in [1.82, 2.24) is 10.2 Å². The van der Waals surface area contributed by atoms with Crippen LogP contribution in [-0.4, -0.2) is 52.0 Å². The quantitative estimate of drug-likeness (QED) is 0.361. The number of nitrogens with one attached hydrogen (secondary N) is 1. The van der Waals surface area contributed by atoms with Gasteiger partial charge in [-0.05, 0) is 138 Å². The molecule has 0 spiro atoms. The second-order valence-electron chi connectivity index (χ2n) is 16.7. The molecule has 7 saturated carbocycles. The molecule has 0 aromatic heterocycles. The molecular weight excluding hydrogens is 496 g/mol. The smallest absolute Gasteiger partial charge is 0.317 e. The lowest BCUT2D eigenvalue weighted by Crippen LogP contribution is -2.60. The Bertz CT molecular complexity index is 1070. The minimum Gasteiger partial charge on any atom is -0.393 e. The third kappa shape index (κ3) is 4.18. The summed E-state index contributed by atoms with van der Waals surface area (Å²) < 4.78 is 0. The first-order valence-corrected chi connectivity index (χ1v) is 16.8. The molecule has 0 heterocycles. The Morgan fingerprint density at radius 3 is 2.25 bits per heavy atom. The van der Waals surface area contributed by atoms with Gasteiger partial charge in [-0.3, -0.25) is 0 Å². The SMILES string of the molecule is CC(C)NC(=O)N(CC12CC3CC(CC(C3)C1)C2)C[C@]1(O)CC[C@H]2C3=CC=C4C[C@@H](O)CC[C@]4(C)[C@H]3CC[C@@]21C. The highest BCUT2D eigenvalue weighted by molar-refractivity contribution is 5.74. The molecule has 0 saturated heterocycles. The molecule has 5 nitrogen and oxygen atoms in total. The number of aliphatic hydroxyl groups excluding tert-OH is 1. The van der Waals surface area contributed by atoms with Gasteiger partial charge in [0.1, 0.15) is 0 Å². The molecule has 0 aromatic carbocycles. The van der Waals surface area contributed by atoms with Crippen LogP contribution in [0.4, 0.5) is 4.79 Å². The van der Waals surface area contributed by atoms with Crippen molar-refractivity contribution in [2.45, 2.75) is 129 Å². The Hall–Kier alpha value is -1.33. The molecule has 6 atom stereocenters. The number of nitrogens with zero attached hydrogens (tertiary/aromatic N) is 1. The first-order chi connectivity index (χ1) is 18.9. The van der Waals surface area contributed by atoms with Crippen LogP contribution in [0.2, 0.25) is 0 Å². The number of carbonyl (C=O) groups excluding carboxylic acids is 1. The van der Waals surface area contributed by atoms with E-state index in [1.54, 1.807) is 5.57 Å². The molecule has 4 bridgehead atoms. The molecule has 7 fully saturated rings. The maximum atomic E-state index is 13.8. The van der Waals surface area contributed by atoms with Crippen molar-refractivity contribution < 1.29 is 15.0 Å². The van der Waals surface area contributed by atoms with Crippen molar-refractivity contribution in [2.75, 3.05) is 13.1 Å². The number of aliphatic hydroxyl groups is 2. The lowest BCUT2D eigenvalue weighted by Gasteiger charge is -2.59. The van der Waals surface area contributed by atoms with Gasteiger partial charge in [0.25, 0.3) is 0 Å². The van der Waals surface area contributed by atoms with Crippen molar-refractivity contribution in [2.24, 2.45) is 45.8 Å². The fourth-order valence-electron chi connectivity index (χ4n) is 12.1. The maximum Gasteiger partial charge on any atom is 0.317 e. The van der Waals surface area contributed by atoms with Gasteiger partial charge in [-0.25, -0.2) is 4.79 Å². The largest absolute Gasteiger partial charge is 0.393 e. The Kier molecular flexibility index (Phi) is 6.42. The number of hydrogen-bond donors (Lipinski definition) is 3. The summed E-state index contributed by atoms with van der Waals surface area (Å²) in [7, 11) is 0. The average molecular weight is 551 g/mol. The van der Waals surface area contributed by atoms with Crippen molar-refractivity contribution in [3.05, 3.63) is 23.3 Å². The van der Waals surface area contributed by atoms with Crippen LogP contribution in [0.15, 0.2) is 23.3 Å². The van der Waals surface area contributed by atoms with Crippen LogP contribution in [0, 0.1) is 45.8 Å². The lowest BCUT2D eigenvalue weighted by atomic mass is 9.49. The van der Waals surface area contributed by atoms with E-state index in [1.165, 1.54) is 44.1 Å². The highest BCUT2D eigenvalue weighted by Crippen LogP contribution is 2.66. The van der Waals surface area contributed by atoms with E-state index in [1.807, 2.05) is 13.8 Å². The van der Waals surface area contributed by atoms with Crippen LogP contribution in [0.3, 0.4) is 0 Å². The number of amides is 2. The van der Waals surface area contributed by atoms with Crippen LogP contribution in [0.5, 0.6) is 0 Å². The molecule has 40 heavy (non-hydrogen) atoms. The molecule has 8 aliphatic carbocycles. The van der Waals surface area contributed by atoms with E-state index in [9.17, 15) is 15.0 Å². The van der Waals surface area contributed by atoms with Gasteiger partial charge in [-0.15, -0.1) is 0 Å². The summed E-state index contributed by atoms with van der Waals surface area (Å²) in [6, 6.07) is 0.115. The summed E-state index contributed by atoms with van der Waals surface area (Å²) in [5.41, 5.74) is 2.29. The van der Waals surface area contributed by atoms with E-state index < -0.39 is 5.60 Å². The zero-order valence-corrected chi connectivity index (χ0v) is 25.6. The van der Waals surface area contributed by atoms with Crippen molar-refractivity contribution in [3.63, 3.8) is 0 Å². The van der Waals surface area contributed by atoms with Crippen molar-refractivity contribution in [3.8, 4) is 0 Å². The second kappa shape index (κ2) is 9.33. The molecule has 0 aromatic rings. The molecule has 8 aliphatic rings. The predicted octanol–water partition coefficient (Wildman–Crippen LogP) is 6.60. The molecule has 222 valence electrons. The minimum atomic E-state index is -0.867. The fraction of sp³-hybridized carbons (Fsp3) is 0.857. The van der Waals surface area contributed by atoms with Gasteiger partial charge >= 0.3 is 6.03 Å². The third-order valence-corrected chi connectivity index (χ3v) is 13.7. The normalized spacial score (nSPS) is 48.7. The molecule has 0 unspecified atom stereocenters. The monoisotopic (exact) mass is 550 g/mol. The number of urea groups is 1. The van der Waals surface area contributed by atoms with Gasteiger partial charge in [0, 0.05) is 18.0 Å². The highest BCUT2D eigenvalue weighted by Gasteiger charge is 2.63. The summed E-state index contributed by atoms with van der Waals surface area (Å²) in [5.74, 6) is 3.45. The standard InChI is InChI=1S/C35H54N2O3/c1-22(2)36-31(39)37(20-34-17-23-13-24(18-34)15-25(14-23)19-34)21-35(40)12-9-30-28-6-5-26-16-27(38)7-10-32(26,3)29(28)8-11-33(30,35)4/h5-6,22-25,27,29-30,38,40H,7-21H2,1-4H3,(H,36,39)/t23?,24?,25?,27-,29-,30-,32-,33-,34?,35+/m0/s1. The highest BCUT2D eigenvalue weighted by atomic mass is 16.3. The maximum absolute atomic E-state index is 13.8. The first kappa shape index (κ1) is 27.5. The molecule has 0 radical (unpaired) electrons. The Morgan fingerprint density at radius 1 is 0.950 bits per heavy atom. The summed E-state index contributed by atoms with van der Waals surface area (Å²) in [6.45, 7) is 10.2. The molecule has 3 N–H and O–H groups in total. The van der Waals surface area contributed by atoms with Crippen molar-refractivity contribution in [1.29, 1.82) is 0 Å². The number of carbonyl (C=O) groups is 1. The van der Waals surface area contributed by atoms with Crippen LogP contribution in [0.1, 0.15) is 111 Å². The average Bonchev–Trinajstić information content (AvgIpc) is 3.13. The van der Waals surface area contributed by atoms with Gasteiger partial charge in [0.05, 0.1) is 18.2 Å². The predicted molar refractivity (Wildman–Crippen MR) is 158 cm³/mol. The van der Waals surface area contributed by atoms with E-state index in [4.69, 9.17) is 0 Å². The summed E-state index contributed by atoms with van der Waals surface area (Å²) in [6.07, 6.45) is 19.2. The van der Waals surface area contributed by atoms with Crippen LogP contribution in [-0.2, 0) is 0 Å². The lowest BCUT2D eigenvalue weighted by molar-refractivity contribution is -0.110. The Morgan fingerprint density at radius 2 is 1.60 bits per heavy atom. The zero-order chi connectivity index (χ0) is 28.1. The van der Waals surface area contributed by atoms with Gasteiger partial charge < -0.3 is 20.4 Å². The topological polar surface area (TPSA) is 72.8 Å². The number of rotatable bonds is 5. The molecule has 0 aliphatic heterocycles. The van der Waals surface area contributed by atoms with E-state index in [0.717, 1.165) is 69.2 Å². The Labute approximate surface area is 242 Å². The first-order valence-electron chi connectivity index (χ1n) is 16.8. The van der Waals surface area contributed by atoms with Gasteiger partial charge in [-0.2, -0.15) is 0 Å². The summed E-state index contributed by atoms with van der Waals surface area (Å²) in [4.78, 5) is 15.9. The Balaban J connectivity index is 1.16. The number of fused-ring (bicyclic) bond motifs is 5. The minimum absolute atomic E-state index is 0.0256. The third-order valence-electron chi connectivity index (χ3n) is 13.7. The second-order valence-corrected chi connectivity index (χ2v) is 16.7. The summed E-state index contributed by atoms with van der Waals surface area (Å²) in [5, 5.41) is 26.2. The summed E-state index contributed by atoms with van der Waals surface area (Å²) >= 11 is 0. The number of hydrogen-bond acceptors (Lipinski definition) is 3. The van der Waals surface area contributed by atoms with Crippen LogP contribution < -0.4 is 5.32 Å². The number of allylic oxidation sites excluding steroid dienone is 3.